The lowest BCUT2D eigenvalue weighted by Crippen LogP contribution is -2.22. The number of ketones is 2. The van der Waals surface area contributed by atoms with Gasteiger partial charge >= 0.3 is 0 Å². The highest BCUT2D eigenvalue weighted by atomic mass is 35.5. The Morgan fingerprint density at radius 2 is 1.74 bits per heavy atom. The highest BCUT2D eigenvalue weighted by molar-refractivity contribution is 6.64. The number of halogens is 1. The number of nitrogens with zero attached hydrogens (tertiary/aromatic N) is 2. The van der Waals surface area contributed by atoms with Crippen molar-refractivity contribution >= 4 is 34.6 Å². The number of aliphatic hydroxyl groups is 1. The molecule has 8 heteroatoms. The number of nitro benzene ring substituents is 1. The van der Waals surface area contributed by atoms with E-state index in [4.69, 9.17) is 11.6 Å². The van der Waals surface area contributed by atoms with Crippen LogP contribution in [0.2, 0.25) is 0 Å². The van der Waals surface area contributed by atoms with Gasteiger partial charge in [0.2, 0.25) is 11.6 Å². The summed E-state index contributed by atoms with van der Waals surface area (Å²) in [5, 5.41) is 20.4. The van der Waals surface area contributed by atoms with Crippen molar-refractivity contribution in [1.29, 1.82) is 0 Å². The number of allylic oxidation sites excluding steroid dienone is 1. The van der Waals surface area contributed by atoms with Crippen LogP contribution in [0.15, 0.2) is 41.4 Å². The molecule has 1 aromatic heterocycles. The summed E-state index contributed by atoms with van der Waals surface area (Å²) in [7, 11) is 0. The van der Waals surface area contributed by atoms with E-state index in [-0.39, 0.29) is 28.2 Å². The van der Waals surface area contributed by atoms with Gasteiger partial charge < -0.3 is 5.11 Å². The summed E-state index contributed by atoms with van der Waals surface area (Å²) >= 11 is 5.63. The average molecular weight is 331 g/mol. The number of pyridine rings is 1. The van der Waals surface area contributed by atoms with Crippen LogP contribution in [0, 0.1) is 10.1 Å². The molecular weight excluding hydrogens is 324 g/mol. The van der Waals surface area contributed by atoms with Gasteiger partial charge in [-0.15, -0.1) is 0 Å². The number of hydrogen-bond acceptors (Lipinski definition) is 6. The maximum absolute atomic E-state index is 11.9. The Morgan fingerprint density at radius 1 is 1.04 bits per heavy atom. The van der Waals surface area contributed by atoms with Gasteiger partial charge in [-0.2, -0.15) is 0 Å². The molecule has 3 rings (SSSR count). The van der Waals surface area contributed by atoms with E-state index in [1.54, 1.807) is 6.07 Å². The Morgan fingerprint density at radius 3 is 2.43 bits per heavy atom. The number of carbonyl (C=O) groups is 2. The first kappa shape index (κ1) is 14.9. The molecule has 0 amide bonds. The Labute approximate surface area is 134 Å². The summed E-state index contributed by atoms with van der Waals surface area (Å²) in [4.78, 5) is 38.1. The predicted octanol–water partition coefficient (Wildman–Crippen LogP) is 2.89. The van der Waals surface area contributed by atoms with Crippen molar-refractivity contribution in [3.8, 4) is 11.3 Å². The van der Waals surface area contributed by atoms with E-state index >= 15 is 0 Å². The number of aliphatic hydroxyl groups excluding tert-OH is 1. The van der Waals surface area contributed by atoms with Gasteiger partial charge in [0.15, 0.2) is 5.76 Å². The number of carbonyl (C=O) groups excluding carboxylic acids is 2. The maximum atomic E-state index is 11.9. The topological polar surface area (TPSA) is 110 Å². The molecule has 1 N–H and O–H groups in total. The molecule has 114 valence electrons. The SMILES string of the molecule is O=C1C(=O)c2ccc(-c3ccccc3[N+](=O)[O-])nc2C(O)=C1Cl. The zero-order valence-corrected chi connectivity index (χ0v) is 12.1. The van der Waals surface area contributed by atoms with Crippen LogP contribution >= 0.6 is 11.6 Å². The van der Waals surface area contributed by atoms with Crippen molar-refractivity contribution in [2.75, 3.05) is 0 Å². The molecule has 1 aromatic carbocycles. The number of fused-ring (bicyclic) bond motifs is 1. The van der Waals surface area contributed by atoms with Crippen LogP contribution in [-0.4, -0.2) is 26.6 Å². The van der Waals surface area contributed by atoms with E-state index in [0.717, 1.165) is 0 Å². The number of rotatable bonds is 2. The average Bonchev–Trinajstić information content (AvgIpc) is 2.57. The molecule has 0 saturated heterocycles. The summed E-state index contributed by atoms with van der Waals surface area (Å²) in [6.45, 7) is 0. The molecule has 0 aliphatic heterocycles. The second-order valence-corrected chi connectivity index (χ2v) is 5.07. The van der Waals surface area contributed by atoms with E-state index in [9.17, 15) is 24.8 Å². The summed E-state index contributed by atoms with van der Waals surface area (Å²) < 4.78 is 0. The number of para-hydroxylation sites is 1. The van der Waals surface area contributed by atoms with Gasteiger partial charge in [-0.05, 0) is 18.2 Å². The maximum Gasteiger partial charge on any atom is 0.278 e. The summed E-state index contributed by atoms with van der Waals surface area (Å²) in [5.74, 6) is -2.52. The first-order valence-corrected chi connectivity index (χ1v) is 6.72. The number of Topliss-reactive ketones (excluding diaryl/α,β-unsaturated/α-hetero) is 2. The van der Waals surface area contributed by atoms with Crippen LogP contribution in [0.5, 0.6) is 0 Å². The molecule has 0 fully saturated rings. The quantitative estimate of drug-likeness (QED) is 0.515. The van der Waals surface area contributed by atoms with Crippen LogP contribution < -0.4 is 0 Å². The third-order valence-electron chi connectivity index (χ3n) is 3.35. The van der Waals surface area contributed by atoms with E-state index in [1.165, 1.54) is 30.3 Å². The molecule has 1 aliphatic rings. The van der Waals surface area contributed by atoms with Crippen molar-refractivity contribution in [1.82, 2.24) is 4.98 Å². The second kappa shape index (κ2) is 5.29. The Kier molecular flexibility index (Phi) is 3.42. The van der Waals surface area contributed by atoms with Gasteiger partial charge in [0, 0.05) is 6.07 Å². The van der Waals surface area contributed by atoms with Crippen LogP contribution in [0.25, 0.3) is 17.0 Å². The fourth-order valence-electron chi connectivity index (χ4n) is 2.26. The summed E-state index contributed by atoms with van der Waals surface area (Å²) in [6.07, 6.45) is 0. The monoisotopic (exact) mass is 330 g/mol. The standard InChI is InChI=1S/C15H7ClN2O5/c16-11-14(20)12-8(13(19)15(11)21)5-6-9(17-12)7-3-1-2-4-10(7)18(22)23/h1-6,20H. The Balaban J connectivity index is 2.24. The molecule has 0 spiro atoms. The molecule has 0 unspecified atom stereocenters. The smallest absolute Gasteiger partial charge is 0.278 e. The molecule has 7 nitrogen and oxygen atoms in total. The lowest BCUT2D eigenvalue weighted by atomic mass is 9.96. The van der Waals surface area contributed by atoms with Crippen molar-refractivity contribution in [2.24, 2.45) is 0 Å². The fraction of sp³-hybridized carbons (Fsp3) is 0. The highest BCUT2D eigenvalue weighted by Gasteiger charge is 2.33. The highest BCUT2D eigenvalue weighted by Crippen LogP contribution is 2.33. The molecule has 1 aliphatic carbocycles. The number of hydrogen-bond donors (Lipinski definition) is 1. The molecule has 1 heterocycles. The van der Waals surface area contributed by atoms with Crippen molar-refractivity contribution in [3.63, 3.8) is 0 Å². The molecule has 0 saturated carbocycles. The summed E-state index contributed by atoms with van der Waals surface area (Å²) in [5.41, 5.74) is -0.0509. The largest absolute Gasteiger partial charge is 0.504 e. The Hall–Kier alpha value is -3.06. The van der Waals surface area contributed by atoms with Gasteiger partial charge in [0.25, 0.3) is 5.69 Å². The third-order valence-corrected chi connectivity index (χ3v) is 3.71. The molecule has 23 heavy (non-hydrogen) atoms. The van der Waals surface area contributed by atoms with Gasteiger partial charge in [-0.25, -0.2) is 4.98 Å². The van der Waals surface area contributed by atoms with E-state index < -0.39 is 27.3 Å². The van der Waals surface area contributed by atoms with Crippen LogP contribution in [0.3, 0.4) is 0 Å². The van der Waals surface area contributed by atoms with Crippen molar-refractivity contribution in [2.45, 2.75) is 0 Å². The van der Waals surface area contributed by atoms with Crippen molar-refractivity contribution < 1.29 is 19.6 Å². The van der Waals surface area contributed by atoms with Crippen LogP contribution in [0.1, 0.15) is 16.1 Å². The number of aromatic nitrogens is 1. The van der Waals surface area contributed by atoms with E-state index in [0.29, 0.717) is 0 Å². The predicted molar refractivity (Wildman–Crippen MR) is 81.1 cm³/mol. The number of nitro groups is 1. The minimum absolute atomic E-state index is 0.0979. The van der Waals surface area contributed by atoms with Crippen molar-refractivity contribution in [3.05, 3.63) is 62.8 Å². The van der Waals surface area contributed by atoms with Gasteiger partial charge in [0.05, 0.1) is 21.7 Å². The minimum Gasteiger partial charge on any atom is -0.504 e. The first-order chi connectivity index (χ1) is 10.9. The first-order valence-electron chi connectivity index (χ1n) is 6.34. The Bertz CT molecular complexity index is 920. The zero-order chi connectivity index (χ0) is 16.7. The zero-order valence-electron chi connectivity index (χ0n) is 11.3. The van der Waals surface area contributed by atoms with Crippen LogP contribution in [-0.2, 0) is 4.79 Å². The van der Waals surface area contributed by atoms with E-state index in [1.807, 2.05) is 0 Å². The second-order valence-electron chi connectivity index (χ2n) is 4.69. The van der Waals surface area contributed by atoms with Gasteiger partial charge in [0.1, 0.15) is 10.7 Å². The molecular formula is C15H7ClN2O5. The van der Waals surface area contributed by atoms with E-state index in [2.05, 4.69) is 4.98 Å². The van der Waals surface area contributed by atoms with Gasteiger partial charge in [-0.1, -0.05) is 23.7 Å². The van der Waals surface area contributed by atoms with Gasteiger partial charge in [-0.3, -0.25) is 19.7 Å². The third kappa shape index (κ3) is 2.27. The minimum atomic E-state index is -1.02. The molecule has 0 atom stereocenters. The molecule has 0 bridgehead atoms. The van der Waals surface area contributed by atoms with Crippen LogP contribution in [0.4, 0.5) is 5.69 Å². The molecule has 2 aromatic rings. The molecule has 0 radical (unpaired) electrons. The summed E-state index contributed by atoms with van der Waals surface area (Å²) in [6, 6.07) is 8.57. The fourth-order valence-corrected chi connectivity index (χ4v) is 2.43. The normalized spacial score (nSPS) is 14.0. The lowest BCUT2D eigenvalue weighted by molar-refractivity contribution is -0.384. The number of benzene rings is 1. The lowest BCUT2D eigenvalue weighted by Gasteiger charge is -2.14.